The van der Waals surface area contributed by atoms with Crippen LogP contribution in [0.3, 0.4) is 0 Å². The molecule has 0 aliphatic carbocycles. The van der Waals surface area contributed by atoms with E-state index in [1.165, 1.54) is 6.92 Å². The maximum atomic E-state index is 13.5. The van der Waals surface area contributed by atoms with E-state index < -0.39 is 42.3 Å². The zero-order valence-corrected chi connectivity index (χ0v) is 10.0. The number of nitrogens with one attached hydrogen (secondary N) is 1. The van der Waals surface area contributed by atoms with E-state index in [1.807, 2.05) is 0 Å². The van der Waals surface area contributed by atoms with Gasteiger partial charge in [-0.1, -0.05) is 0 Å². The average Bonchev–Trinajstić information content (AvgIpc) is 2.69. The summed E-state index contributed by atoms with van der Waals surface area (Å²) in [6.45, 7) is 1.41. The van der Waals surface area contributed by atoms with Crippen LogP contribution < -0.4 is 10.4 Å². The highest BCUT2D eigenvalue weighted by molar-refractivity contribution is 5.84. The number of hydrogen-bond donors (Lipinski definition) is 1. The molecule has 5 nitrogen and oxygen atoms in total. The fourth-order valence-electron chi connectivity index (χ4n) is 2.08. The molecule has 2 atom stereocenters. The van der Waals surface area contributed by atoms with Crippen LogP contribution in [0.2, 0.25) is 0 Å². The summed E-state index contributed by atoms with van der Waals surface area (Å²) in [5.41, 5.74) is -0.704. The predicted molar refractivity (Wildman–Crippen MR) is 54.3 cm³/mol. The third-order valence-corrected chi connectivity index (χ3v) is 3.01. The Bertz CT molecular complexity index is 539. The molecule has 0 aromatic carbocycles. The van der Waals surface area contributed by atoms with Crippen molar-refractivity contribution in [3.05, 3.63) is 11.8 Å². The van der Waals surface area contributed by atoms with Gasteiger partial charge in [0.15, 0.2) is 0 Å². The monoisotopic (exact) mass is 298 g/mol. The van der Waals surface area contributed by atoms with Gasteiger partial charge >= 0.3 is 12.1 Å². The topological polar surface area (TPSA) is 70.0 Å². The van der Waals surface area contributed by atoms with Crippen molar-refractivity contribution in [3.8, 4) is 0 Å². The molecule has 20 heavy (non-hydrogen) atoms. The second-order valence-electron chi connectivity index (χ2n) is 4.56. The lowest BCUT2D eigenvalue weighted by Gasteiger charge is -2.35. The zero-order chi connectivity index (χ0) is 15.3. The Kier molecular flexibility index (Phi) is 3.14. The summed E-state index contributed by atoms with van der Waals surface area (Å²) in [6.07, 6.45) is -6.30. The third-order valence-electron chi connectivity index (χ3n) is 3.01. The molecular weight excluding hydrogens is 289 g/mol. The smallest absolute Gasteiger partial charge is 0.455 e. The van der Waals surface area contributed by atoms with Crippen LogP contribution in [0.15, 0.2) is 6.07 Å². The lowest BCUT2D eigenvalue weighted by atomic mass is 9.99. The SMILES string of the molecule is C[C@@H]1C[C@@H](C(F)(F)C(F)(F)F)n2nc(C(=O)[O-])cc2N1. The minimum atomic E-state index is -5.75. The van der Waals surface area contributed by atoms with Crippen LogP contribution in [-0.2, 0) is 0 Å². The summed E-state index contributed by atoms with van der Waals surface area (Å²) in [4.78, 5) is 10.6. The zero-order valence-electron chi connectivity index (χ0n) is 10.0. The van der Waals surface area contributed by atoms with Gasteiger partial charge < -0.3 is 15.2 Å². The van der Waals surface area contributed by atoms with Crippen molar-refractivity contribution in [3.63, 3.8) is 0 Å². The summed E-state index contributed by atoms with van der Waals surface area (Å²) in [5.74, 6) is -6.99. The van der Waals surface area contributed by atoms with Crippen LogP contribution in [0, 0.1) is 0 Å². The Labute approximate surface area is 109 Å². The van der Waals surface area contributed by atoms with Gasteiger partial charge in [0.1, 0.15) is 17.6 Å². The van der Waals surface area contributed by atoms with Crippen molar-refractivity contribution in [1.29, 1.82) is 0 Å². The van der Waals surface area contributed by atoms with Gasteiger partial charge in [0.25, 0.3) is 0 Å². The summed E-state index contributed by atoms with van der Waals surface area (Å²) in [6, 6.07) is -2.13. The predicted octanol–water partition coefficient (Wildman–Crippen LogP) is 1.19. The molecule has 1 aliphatic heterocycles. The van der Waals surface area contributed by atoms with Gasteiger partial charge in [0.05, 0.1) is 5.97 Å². The van der Waals surface area contributed by atoms with Gasteiger partial charge in [0, 0.05) is 12.1 Å². The lowest BCUT2D eigenvalue weighted by molar-refractivity contribution is -0.301. The Morgan fingerprint density at radius 3 is 2.55 bits per heavy atom. The molecule has 0 bridgehead atoms. The van der Waals surface area contributed by atoms with Crippen molar-refractivity contribution in [1.82, 2.24) is 9.78 Å². The molecule has 10 heteroatoms. The second-order valence-corrected chi connectivity index (χ2v) is 4.56. The number of carbonyl (C=O) groups excluding carboxylic acids is 1. The number of anilines is 1. The van der Waals surface area contributed by atoms with Gasteiger partial charge in [0.2, 0.25) is 0 Å². The van der Waals surface area contributed by atoms with Crippen molar-refractivity contribution in [2.75, 3.05) is 5.32 Å². The van der Waals surface area contributed by atoms with E-state index in [0.717, 1.165) is 6.07 Å². The maximum absolute atomic E-state index is 13.5. The number of alkyl halides is 5. The van der Waals surface area contributed by atoms with Crippen LogP contribution in [0.25, 0.3) is 0 Å². The standard InChI is InChI=1S/C10H10F5N3O2/c1-4-2-6(9(11,12)10(13,14)15)18-7(16-4)3-5(17-18)8(19)20/h3-4,6,16H,2H2,1H3,(H,19,20)/p-1/t4-,6+/m1/s1. The van der Waals surface area contributed by atoms with Crippen molar-refractivity contribution < 1.29 is 31.9 Å². The van der Waals surface area contributed by atoms with E-state index in [9.17, 15) is 31.9 Å². The highest BCUT2D eigenvalue weighted by atomic mass is 19.4. The summed E-state index contributed by atoms with van der Waals surface area (Å²) >= 11 is 0. The molecule has 2 rings (SSSR count). The molecule has 1 aromatic rings. The first-order valence-electron chi connectivity index (χ1n) is 5.56. The normalized spacial score (nSPS) is 23.1. The molecule has 112 valence electrons. The Morgan fingerprint density at radius 2 is 2.05 bits per heavy atom. The molecule has 0 spiro atoms. The molecule has 0 amide bonds. The number of carboxylic acids is 1. The number of fused-ring (bicyclic) bond motifs is 1. The number of carboxylic acid groups (broad SMARTS) is 1. The van der Waals surface area contributed by atoms with Crippen LogP contribution in [0.4, 0.5) is 27.8 Å². The molecule has 1 N–H and O–H groups in total. The van der Waals surface area contributed by atoms with Crippen LogP contribution in [0.1, 0.15) is 29.9 Å². The van der Waals surface area contributed by atoms with E-state index in [-0.39, 0.29) is 5.82 Å². The highest BCUT2D eigenvalue weighted by Crippen LogP contribution is 2.47. The minimum Gasteiger partial charge on any atom is -0.543 e. The number of halogens is 5. The number of hydrogen-bond acceptors (Lipinski definition) is 4. The third kappa shape index (κ3) is 2.18. The van der Waals surface area contributed by atoms with E-state index in [0.29, 0.717) is 4.68 Å². The van der Waals surface area contributed by atoms with E-state index in [2.05, 4.69) is 10.4 Å². The van der Waals surface area contributed by atoms with Gasteiger partial charge in [-0.25, -0.2) is 4.68 Å². The first-order chi connectivity index (χ1) is 9.04. The first-order valence-corrected chi connectivity index (χ1v) is 5.56. The fourth-order valence-corrected chi connectivity index (χ4v) is 2.08. The van der Waals surface area contributed by atoms with Gasteiger partial charge in [-0.05, 0) is 13.3 Å². The molecule has 0 fully saturated rings. The number of rotatable bonds is 2. The van der Waals surface area contributed by atoms with Crippen molar-refractivity contribution in [2.45, 2.75) is 37.5 Å². The number of nitrogens with zero attached hydrogens (tertiary/aromatic N) is 2. The molecule has 1 aromatic heterocycles. The molecule has 0 radical (unpaired) electrons. The Balaban J connectivity index is 2.50. The lowest BCUT2D eigenvalue weighted by Crippen LogP contribution is -2.48. The fraction of sp³-hybridized carbons (Fsp3) is 0.600. The largest absolute Gasteiger partial charge is 0.543 e. The highest BCUT2D eigenvalue weighted by Gasteiger charge is 2.64. The summed E-state index contributed by atoms with van der Waals surface area (Å²) < 4.78 is 64.8. The molecule has 0 saturated carbocycles. The summed E-state index contributed by atoms with van der Waals surface area (Å²) in [7, 11) is 0. The van der Waals surface area contributed by atoms with Crippen LogP contribution in [-0.4, -0.2) is 33.9 Å². The van der Waals surface area contributed by atoms with Gasteiger partial charge in [-0.2, -0.15) is 27.1 Å². The second kappa shape index (κ2) is 4.32. The average molecular weight is 298 g/mol. The van der Waals surface area contributed by atoms with Crippen molar-refractivity contribution >= 4 is 11.8 Å². The van der Waals surface area contributed by atoms with E-state index >= 15 is 0 Å². The number of aromatic nitrogens is 2. The Morgan fingerprint density at radius 1 is 1.45 bits per heavy atom. The molecule has 0 unspecified atom stereocenters. The van der Waals surface area contributed by atoms with Crippen LogP contribution in [0.5, 0.6) is 0 Å². The number of aromatic carboxylic acids is 1. The van der Waals surface area contributed by atoms with E-state index in [4.69, 9.17) is 0 Å². The quantitative estimate of drug-likeness (QED) is 0.833. The molecular formula is C10H9F5N3O2-. The van der Waals surface area contributed by atoms with Gasteiger partial charge in [-0.15, -0.1) is 0 Å². The minimum absolute atomic E-state index is 0.211. The molecule has 1 aliphatic rings. The van der Waals surface area contributed by atoms with Crippen LogP contribution >= 0.6 is 0 Å². The summed E-state index contributed by atoms with van der Waals surface area (Å²) in [5, 5.41) is 16.5. The molecule has 2 heterocycles. The number of carbonyl (C=O) groups is 1. The first kappa shape index (κ1) is 14.5. The van der Waals surface area contributed by atoms with E-state index in [1.54, 1.807) is 0 Å². The maximum Gasteiger partial charge on any atom is 0.455 e. The van der Waals surface area contributed by atoms with Crippen molar-refractivity contribution in [2.24, 2.45) is 0 Å². The molecule has 0 saturated heterocycles. The Hall–Kier alpha value is -1.87. The van der Waals surface area contributed by atoms with Gasteiger partial charge in [-0.3, -0.25) is 0 Å².